The number of hydrogen-bond donors (Lipinski definition) is 2. The maximum Gasteiger partial charge on any atom is 0.305 e. The van der Waals surface area contributed by atoms with Crippen LogP contribution in [0.5, 0.6) is 0 Å². The van der Waals surface area contributed by atoms with Crippen molar-refractivity contribution < 1.29 is 14.6 Å². The Kier molecular flexibility index (Phi) is 4.01. The molecule has 0 aromatic rings. The largest absolute Gasteiger partial charge is 0.481 e. The molecule has 2 aliphatic rings. The van der Waals surface area contributed by atoms with Crippen molar-refractivity contribution in [1.29, 1.82) is 0 Å². The number of nitrogens with zero attached hydrogens (tertiary/aromatic N) is 1. The van der Waals surface area contributed by atoms with Crippen LogP contribution in [0.4, 0.5) is 0 Å². The van der Waals surface area contributed by atoms with E-state index in [1.54, 1.807) is 7.11 Å². The second kappa shape index (κ2) is 5.33. The zero-order valence-corrected chi connectivity index (χ0v) is 10.4. The van der Waals surface area contributed by atoms with E-state index in [1.165, 1.54) is 0 Å². The van der Waals surface area contributed by atoms with E-state index in [9.17, 15) is 4.79 Å². The summed E-state index contributed by atoms with van der Waals surface area (Å²) in [7, 11) is 1.74. The second-order valence-electron chi connectivity index (χ2n) is 5.28. The minimum atomic E-state index is -0.689. The van der Waals surface area contributed by atoms with E-state index in [4.69, 9.17) is 9.84 Å². The minimum absolute atomic E-state index is 0.121. The molecule has 0 spiro atoms. The van der Waals surface area contributed by atoms with Gasteiger partial charge in [-0.3, -0.25) is 9.69 Å². The monoisotopic (exact) mass is 242 g/mol. The van der Waals surface area contributed by atoms with Crippen LogP contribution in [0.2, 0.25) is 0 Å². The smallest absolute Gasteiger partial charge is 0.305 e. The number of carbonyl (C=O) groups is 1. The van der Waals surface area contributed by atoms with Crippen molar-refractivity contribution in [3.8, 4) is 0 Å². The van der Waals surface area contributed by atoms with E-state index >= 15 is 0 Å². The first-order valence-corrected chi connectivity index (χ1v) is 6.33. The third-order valence-corrected chi connectivity index (χ3v) is 4.08. The Bertz CT molecular complexity index is 271. The number of aliphatic carboxylic acids is 1. The minimum Gasteiger partial charge on any atom is -0.481 e. The highest BCUT2D eigenvalue weighted by molar-refractivity contribution is 5.68. The molecular formula is C12H22N2O3. The van der Waals surface area contributed by atoms with Gasteiger partial charge in [0.15, 0.2) is 0 Å². The fourth-order valence-corrected chi connectivity index (χ4v) is 2.97. The van der Waals surface area contributed by atoms with Gasteiger partial charge in [-0.15, -0.1) is 0 Å². The molecule has 2 aliphatic heterocycles. The molecule has 2 heterocycles. The Morgan fingerprint density at radius 2 is 2.12 bits per heavy atom. The van der Waals surface area contributed by atoms with Gasteiger partial charge in [0.2, 0.25) is 0 Å². The van der Waals surface area contributed by atoms with E-state index in [0.29, 0.717) is 5.92 Å². The summed E-state index contributed by atoms with van der Waals surface area (Å²) in [5, 5.41) is 12.2. The Morgan fingerprint density at radius 3 is 2.53 bits per heavy atom. The summed E-state index contributed by atoms with van der Waals surface area (Å²) >= 11 is 0. The van der Waals surface area contributed by atoms with Gasteiger partial charge >= 0.3 is 5.97 Å². The van der Waals surface area contributed by atoms with E-state index in [1.807, 2.05) is 0 Å². The van der Waals surface area contributed by atoms with Gasteiger partial charge in [-0.25, -0.2) is 0 Å². The van der Waals surface area contributed by atoms with Crippen LogP contribution in [0.15, 0.2) is 0 Å². The molecule has 0 aromatic heterocycles. The number of carboxylic acid groups (broad SMARTS) is 1. The van der Waals surface area contributed by atoms with Crippen molar-refractivity contribution in [3.63, 3.8) is 0 Å². The number of nitrogens with one attached hydrogen (secondary N) is 1. The van der Waals surface area contributed by atoms with Crippen molar-refractivity contribution in [2.45, 2.75) is 24.8 Å². The van der Waals surface area contributed by atoms with Crippen LogP contribution in [-0.2, 0) is 9.53 Å². The molecule has 0 aromatic carbocycles. The fourth-order valence-electron chi connectivity index (χ4n) is 2.97. The third-order valence-electron chi connectivity index (χ3n) is 4.08. The van der Waals surface area contributed by atoms with Crippen LogP contribution >= 0.6 is 0 Å². The normalized spacial score (nSPS) is 25.5. The summed E-state index contributed by atoms with van der Waals surface area (Å²) in [6.07, 6.45) is 2.50. The second-order valence-corrected chi connectivity index (χ2v) is 5.28. The van der Waals surface area contributed by atoms with Crippen molar-refractivity contribution >= 4 is 5.97 Å². The topological polar surface area (TPSA) is 61.8 Å². The van der Waals surface area contributed by atoms with Crippen LogP contribution in [0, 0.1) is 5.92 Å². The summed E-state index contributed by atoms with van der Waals surface area (Å²) in [5.41, 5.74) is -0.121. The van der Waals surface area contributed by atoms with Crippen molar-refractivity contribution in [2.24, 2.45) is 5.92 Å². The highest BCUT2D eigenvalue weighted by Crippen LogP contribution is 2.30. The molecule has 2 N–H and O–H groups in total. The summed E-state index contributed by atoms with van der Waals surface area (Å²) < 4.78 is 5.18. The van der Waals surface area contributed by atoms with Crippen LogP contribution in [0.1, 0.15) is 19.3 Å². The van der Waals surface area contributed by atoms with Gasteiger partial charge in [0.05, 0.1) is 12.0 Å². The molecule has 0 aliphatic carbocycles. The van der Waals surface area contributed by atoms with Crippen molar-refractivity contribution in [1.82, 2.24) is 10.2 Å². The predicted molar refractivity (Wildman–Crippen MR) is 64.0 cm³/mol. The summed E-state index contributed by atoms with van der Waals surface area (Å²) in [5.74, 6) is -0.0447. The predicted octanol–water partition coefficient (Wildman–Crippen LogP) is 0.162. The lowest BCUT2D eigenvalue weighted by molar-refractivity contribution is -0.142. The quantitative estimate of drug-likeness (QED) is 0.719. The summed E-state index contributed by atoms with van der Waals surface area (Å²) in [6.45, 7) is 4.46. The van der Waals surface area contributed by atoms with Crippen LogP contribution < -0.4 is 5.32 Å². The molecule has 0 radical (unpaired) electrons. The SMILES string of the molecule is COCC1CCN(C2(CC(=O)O)CNC2)CC1. The Hall–Kier alpha value is -0.650. The molecule has 2 fully saturated rings. The molecule has 2 saturated heterocycles. The third kappa shape index (κ3) is 2.78. The Labute approximate surface area is 102 Å². The van der Waals surface area contributed by atoms with Crippen LogP contribution in [0.3, 0.4) is 0 Å². The first-order valence-electron chi connectivity index (χ1n) is 6.33. The maximum atomic E-state index is 10.9. The number of ether oxygens (including phenoxy) is 1. The van der Waals surface area contributed by atoms with Crippen LogP contribution in [0.25, 0.3) is 0 Å². The zero-order valence-electron chi connectivity index (χ0n) is 10.4. The highest BCUT2D eigenvalue weighted by atomic mass is 16.5. The van der Waals surface area contributed by atoms with Gasteiger partial charge in [-0.1, -0.05) is 0 Å². The van der Waals surface area contributed by atoms with Gasteiger partial charge in [-0.05, 0) is 31.8 Å². The molecule has 5 heteroatoms. The number of piperidine rings is 1. The maximum absolute atomic E-state index is 10.9. The lowest BCUT2D eigenvalue weighted by Crippen LogP contribution is -2.70. The van der Waals surface area contributed by atoms with Gasteiger partial charge in [-0.2, -0.15) is 0 Å². The van der Waals surface area contributed by atoms with Gasteiger partial charge < -0.3 is 15.2 Å². The lowest BCUT2D eigenvalue weighted by atomic mass is 9.83. The van der Waals surface area contributed by atoms with E-state index in [0.717, 1.165) is 45.6 Å². The van der Waals surface area contributed by atoms with Gasteiger partial charge in [0.1, 0.15) is 0 Å². The van der Waals surface area contributed by atoms with E-state index in [2.05, 4.69) is 10.2 Å². The number of methoxy groups -OCH3 is 1. The van der Waals surface area contributed by atoms with Crippen LogP contribution in [-0.4, -0.2) is 61.4 Å². The molecule has 17 heavy (non-hydrogen) atoms. The van der Waals surface area contributed by atoms with Crippen molar-refractivity contribution in [2.75, 3.05) is 39.9 Å². The van der Waals surface area contributed by atoms with Crippen molar-refractivity contribution in [3.05, 3.63) is 0 Å². The number of carboxylic acids is 1. The molecule has 0 bridgehead atoms. The standard InChI is InChI=1S/C12H22N2O3/c1-17-7-10-2-4-14(5-3-10)12(6-11(15)16)8-13-9-12/h10,13H,2-9H2,1H3,(H,15,16). The first-order chi connectivity index (χ1) is 8.16. The average molecular weight is 242 g/mol. The van der Waals surface area contributed by atoms with E-state index in [-0.39, 0.29) is 12.0 Å². The van der Waals surface area contributed by atoms with Gasteiger partial charge in [0.25, 0.3) is 0 Å². The molecule has 2 rings (SSSR count). The zero-order chi connectivity index (χ0) is 12.3. The summed E-state index contributed by atoms with van der Waals surface area (Å²) in [4.78, 5) is 13.3. The Morgan fingerprint density at radius 1 is 1.47 bits per heavy atom. The molecule has 0 unspecified atom stereocenters. The van der Waals surface area contributed by atoms with E-state index < -0.39 is 5.97 Å². The molecule has 0 amide bonds. The summed E-state index contributed by atoms with van der Waals surface area (Å²) in [6, 6.07) is 0. The molecule has 98 valence electrons. The van der Waals surface area contributed by atoms with Gasteiger partial charge in [0, 0.05) is 26.8 Å². The number of rotatable bonds is 5. The lowest BCUT2D eigenvalue weighted by Gasteiger charge is -2.52. The molecular weight excluding hydrogens is 220 g/mol. The molecule has 0 atom stereocenters. The number of likely N-dealkylation sites (tertiary alicyclic amines) is 1. The number of hydrogen-bond acceptors (Lipinski definition) is 4. The fraction of sp³-hybridized carbons (Fsp3) is 0.917. The first kappa shape index (κ1) is 12.8. The Balaban J connectivity index is 1.88. The highest BCUT2D eigenvalue weighted by Gasteiger charge is 2.45. The average Bonchev–Trinajstić information content (AvgIpc) is 2.25. The molecule has 5 nitrogen and oxygen atoms in total. The molecule has 0 saturated carbocycles.